The average Bonchev–Trinajstić information content (AvgIpc) is 2.13. The molecule has 0 radical (unpaired) electrons. The number of hydrogen-bond donors (Lipinski definition) is 1. The van der Waals surface area contributed by atoms with Crippen LogP contribution in [0.4, 0.5) is 0 Å². The molecule has 1 aromatic rings. The van der Waals surface area contributed by atoms with Crippen molar-refractivity contribution in [2.45, 2.75) is 13.5 Å². The summed E-state index contributed by atoms with van der Waals surface area (Å²) in [5, 5.41) is 0.986. The molecule has 0 aromatic carbocycles. The van der Waals surface area contributed by atoms with Gasteiger partial charge in [-0.2, -0.15) is 0 Å². The van der Waals surface area contributed by atoms with E-state index >= 15 is 0 Å². The number of aromatic nitrogens is 1. The number of nitrogens with zero attached hydrogens (tertiary/aromatic N) is 1. The Morgan fingerprint density at radius 2 is 2.44 bits per heavy atom. The molecule has 2 N–H and O–H groups in total. The number of hydrogen-bond acceptors (Lipinski definition) is 3. The van der Waals surface area contributed by atoms with Gasteiger partial charge in [0.1, 0.15) is 5.01 Å². The molecule has 0 saturated carbocycles. The van der Waals surface area contributed by atoms with Crippen molar-refractivity contribution >= 4 is 27.3 Å². The SMILES string of the molecule is Cc1nc(CN)sc1Br. The molecule has 0 amide bonds. The van der Waals surface area contributed by atoms with Crippen molar-refractivity contribution in [1.82, 2.24) is 4.98 Å². The third kappa shape index (κ3) is 1.50. The monoisotopic (exact) mass is 206 g/mol. The van der Waals surface area contributed by atoms with Crippen LogP contribution < -0.4 is 5.73 Å². The van der Waals surface area contributed by atoms with Crippen molar-refractivity contribution in [1.29, 1.82) is 0 Å². The van der Waals surface area contributed by atoms with Crippen molar-refractivity contribution in [2.24, 2.45) is 5.73 Å². The van der Waals surface area contributed by atoms with Crippen LogP contribution in [-0.2, 0) is 6.54 Å². The van der Waals surface area contributed by atoms with E-state index in [1.165, 1.54) is 0 Å². The van der Waals surface area contributed by atoms with Gasteiger partial charge >= 0.3 is 0 Å². The van der Waals surface area contributed by atoms with Gasteiger partial charge in [-0.25, -0.2) is 4.98 Å². The molecule has 0 aliphatic rings. The van der Waals surface area contributed by atoms with Crippen molar-refractivity contribution < 1.29 is 0 Å². The molecule has 2 nitrogen and oxygen atoms in total. The van der Waals surface area contributed by atoms with Gasteiger partial charge in [-0.15, -0.1) is 11.3 Å². The lowest BCUT2D eigenvalue weighted by atomic mass is 10.6. The summed E-state index contributed by atoms with van der Waals surface area (Å²) in [5.41, 5.74) is 6.39. The zero-order valence-corrected chi connectivity index (χ0v) is 7.42. The van der Waals surface area contributed by atoms with E-state index in [2.05, 4.69) is 20.9 Å². The Bertz CT molecular complexity index is 189. The molecule has 1 heterocycles. The minimum Gasteiger partial charge on any atom is -0.325 e. The fourth-order valence-electron chi connectivity index (χ4n) is 0.518. The summed E-state index contributed by atoms with van der Waals surface area (Å²) in [7, 11) is 0. The first-order valence-electron chi connectivity index (χ1n) is 2.56. The first kappa shape index (κ1) is 7.18. The molecule has 1 aromatic heterocycles. The Hall–Kier alpha value is 0.0700. The van der Waals surface area contributed by atoms with Gasteiger partial charge < -0.3 is 5.73 Å². The van der Waals surface area contributed by atoms with Crippen molar-refractivity contribution in [3.63, 3.8) is 0 Å². The summed E-state index contributed by atoms with van der Waals surface area (Å²) < 4.78 is 1.09. The van der Waals surface area contributed by atoms with Gasteiger partial charge in [0.05, 0.1) is 9.48 Å². The molecule has 0 bridgehead atoms. The first-order chi connectivity index (χ1) is 4.24. The van der Waals surface area contributed by atoms with Crippen LogP contribution in [0.3, 0.4) is 0 Å². The summed E-state index contributed by atoms with van der Waals surface area (Å²) in [6.07, 6.45) is 0. The highest BCUT2D eigenvalue weighted by Gasteiger charge is 2.00. The lowest BCUT2D eigenvalue weighted by Crippen LogP contribution is -1.94. The van der Waals surface area contributed by atoms with Gasteiger partial charge in [0.15, 0.2) is 0 Å². The van der Waals surface area contributed by atoms with Crippen LogP contribution >= 0.6 is 27.3 Å². The minimum atomic E-state index is 0.539. The maximum atomic E-state index is 5.36. The van der Waals surface area contributed by atoms with Crippen LogP contribution in [0.5, 0.6) is 0 Å². The molecule has 0 fully saturated rings. The van der Waals surface area contributed by atoms with Crippen LogP contribution in [0.1, 0.15) is 10.7 Å². The van der Waals surface area contributed by atoms with Crippen LogP contribution in [0, 0.1) is 6.92 Å². The van der Waals surface area contributed by atoms with Crippen LogP contribution in [0.25, 0.3) is 0 Å². The topological polar surface area (TPSA) is 38.9 Å². The fraction of sp³-hybridized carbons (Fsp3) is 0.400. The number of halogens is 1. The predicted octanol–water partition coefficient (Wildman–Crippen LogP) is 1.67. The molecule has 0 unspecified atom stereocenters. The Labute approximate surface area is 66.2 Å². The van der Waals surface area contributed by atoms with Crippen molar-refractivity contribution in [2.75, 3.05) is 0 Å². The van der Waals surface area contributed by atoms with Crippen LogP contribution in [0.2, 0.25) is 0 Å². The Balaban J connectivity index is 2.98. The van der Waals surface area contributed by atoms with Gasteiger partial charge in [0.2, 0.25) is 0 Å². The molecule has 0 saturated heterocycles. The zero-order chi connectivity index (χ0) is 6.85. The number of nitrogens with two attached hydrogens (primary N) is 1. The van der Waals surface area contributed by atoms with E-state index in [1.54, 1.807) is 11.3 Å². The van der Waals surface area contributed by atoms with Crippen LogP contribution in [0.15, 0.2) is 3.79 Å². The molecular formula is C5H7BrN2S. The third-order valence-corrected chi connectivity index (χ3v) is 2.99. The molecular weight excluding hydrogens is 200 g/mol. The Morgan fingerprint density at radius 1 is 1.78 bits per heavy atom. The Morgan fingerprint density at radius 3 is 2.67 bits per heavy atom. The maximum Gasteiger partial charge on any atom is 0.108 e. The molecule has 9 heavy (non-hydrogen) atoms. The highest BCUT2D eigenvalue weighted by atomic mass is 79.9. The number of aryl methyl sites for hydroxylation is 1. The molecule has 50 valence electrons. The summed E-state index contributed by atoms with van der Waals surface area (Å²) in [4.78, 5) is 4.18. The van der Waals surface area contributed by atoms with Gasteiger partial charge in [0, 0.05) is 6.54 Å². The van der Waals surface area contributed by atoms with E-state index in [4.69, 9.17) is 5.73 Å². The van der Waals surface area contributed by atoms with E-state index in [1.807, 2.05) is 6.92 Å². The molecule has 0 atom stereocenters. The van der Waals surface area contributed by atoms with E-state index in [-0.39, 0.29) is 0 Å². The van der Waals surface area contributed by atoms with Gasteiger partial charge in [0.25, 0.3) is 0 Å². The van der Waals surface area contributed by atoms with Gasteiger partial charge in [-0.1, -0.05) is 0 Å². The lowest BCUT2D eigenvalue weighted by Gasteiger charge is -1.79. The van der Waals surface area contributed by atoms with Crippen molar-refractivity contribution in [3.8, 4) is 0 Å². The third-order valence-electron chi connectivity index (χ3n) is 0.959. The standard InChI is InChI=1S/C5H7BrN2S/c1-3-5(6)9-4(2-7)8-3/h2,7H2,1H3. The fourth-order valence-corrected chi connectivity index (χ4v) is 1.83. The number of thiazole rings is 1. The van der Waals surface area contributed by atoms with Gasteiger partial charge in [-0.3, -0.25) is 0 Å². The molecule has 0 spiro atoms. The largest absolute Gasteiger partial charge is 0.325 e. The highest BCUT2D eigenvalue weighted by molar-refractivity contribution is 9.11. The second-order valence-corrected chi connectivity index (χ2v) is 4.07. The zero-order valence-electron chi connectivity index (χ0n) is 5.02. The molecule has 0 aliphatic carbocycles. The maximum absolute atomic E-state index is 5.36. The van der Waals surface area contributed by atoms with E-state index < -0.39 is 0 Å². The average molecular weight is 207 g/mol. The first-order valence-corrected chi connectivity index (χ1v) is 4.17. The second kappa shape index (κ2) is 2.77. The summed E-state index contributed by atoms with van der Waals surface area (Å²) in [6, 6.07) is 0. The highest BCUT2D eigenvalue weighted by Crippen LogP contribution is 2.23. The quantitative estimate of drug-likeness (QED) is 0.760. The summed E-state index contributed by atoms with van der Waals surface area (Å²) >= 11 is 4.95. The number of rotatable bonds is 1. The molecule has 1 rings (SSSR count). The van der Waals surface area contributed by atoms with Crippen LogP contribution in [-0.4, -0.2) is 4.98 Å². The summed E-state index contributed by atoms with van der Waals surface area (Å²) in [6.45, 7) is 2.50. The normalized spacial score (nSPS) is 10.1. The van der Waals surface area contributed by atoms with Gasteiger partial charge in [-0.05, 0) is 22.9 Å². The predicted molar refractivity (Wildman–Crippen MR) is 42.4 cm³/mol. The molecule has 4 heteroatoms. The smallest absolute Gasteiger partial charge is 0.108 e. The minimum absolute atomic E-state index is 0.539. The second-order valence-electron chi connectivity index (χ2n) is 1.67. The lowest BCUT2D eigenvalue weighted by molar-refractivity contribution is 1.02. The van der Waals surface area contributed by atoms with E-state index in [0.29, 0.717) is 6.54 Å². The van der Waals surface area contributed by atoms with E-state index in [9.17, 15) is 0 Å². The summed E-state index contributed by atoms with van der Waals surface area (Å²) in [5.74, 6) is 0. The Kier molecular flexibility index (Phi) is 2.21. The van der Waals surface area contributed by atoms with E-state index in [0.717, 1.165) is 14.5 Å². The molecule has 0 aliphatic heterocycles. The van der Waals surface area contributed by atoms with Crippen molar-refractivity contribution in [3.05, 3.63) is 14.5 Å².